The van der Waals surface area contributed by atoms with Crippen LogP contribution >= 0.6 is 23.6 Å². The van der Waals surface area contributed by atoms with Gasteiger partial charge in [-0.3, -0.25) is 9.67 Å². The van der Waals surface area contributed by atoms with Gasteiger partial charge in [0.05, 0.1) is 16.9 Å². The largest absolute Gasteiger partial charge is 0.478 e. The van der Waals surface area contributed by atoms with Crippen molar-refractivity contribution in [3.63, 3.8) is 0 Å². The molecule has 0 aliphatic heterocycles. The lowest BCUT2D eigenvalue weighted by Gasteiger charge is -2.03. The van der Waals surface area contributed by atoms with E-state index in [1.807, 2.05) is 0 Å². The maximum Gasteiger partial charge on any atom is 0.335 e. The zero-order valence-electron chi connectivity index (χ0n) is 6.34. The Labute approximate surface area is 84.7 Å². The average Bonchev–Trinajstić information content (AvgIpc) is 2.16. The second-order valence-electron chi connectivity index (χ2n) is 2.29. The van der Waals surface area contributed by atoms with Gasteiger partial charge in [0.25, 0.3) is 0 Å². The second kappa shape index (κ2) is 4.20. The summed E-state index contributed by atoms with van der Waals surface area (Å²) in [5.41, 5.74) is 1.03. The van der Waals surface area contributed by atoms with Gasteiger partial charge in [0, 0.05) is 23.6 Å². The van der Waals surface area contributed by atoms with Crippen LogP contribution in [-0.2, 0) is 0 Å². The minimum atomic E-state index is -1.04. The minimum absolute atomic E-state index is 0.105. The first-order valence-electron chi connectivity index (χ1n) is 3.29. The number of anilines is 2. The van der Waals surface area contributed by atoms with Gasteiger partial charge in [-0.05, 0) is 18.2 Å². The molecule has 13 heavy (non-hydrogen) atoms. The summed E-state index contributed by atoms with van der Waals surface area (Å²) >= 11 is 10.6. The molecule has 0 atom stereocenters. The Bertz CT molecular complexity index is 308. The summed E-state index contributed by atoms with van der Waals surface area (Å²) in [7, 11) is 0. The number of rotatable bonds is 3. The molecule has 0 radical (unpaired) electrons. The van der Waals surface area contributed by atoms with Gasteiger partial charge in [-0.2, -0.15) is 0 Å². The number of carboxylic acids is 1. The van der Waals surface area contributed by atoms with Crippen molar-refractivity contribution < 1.29 is 9.90 Å². The molecule has 1 rings (SSSR count). The number of carbonyl (C=O) groups is 1. The van der Waals surface area contributed by atoms with E-state index in [-0.39, 0.29) is 5.56 Å². The summed E-state index contributed by atoms with van der Waals surface area (Å²) in [4.78, 5) is 15.2. The number of halogens is 2. The standard InChI is InChI=1S/C7H6Cl2N2O2/c8-10-5-1-4(7(12)13)2-6(3-5)11-9/h1-3,10-11H,(H,12,13). The Kier molecular flexibility index (Phi) is 3.22. The van der Waals surface area contributed by atoms with E-state index in [2.05, 4.69) is 9.67 Å². The lowest BCUT2D eigenvalue weighted by atomic mass is 10.2. The topological polar surface area (TPSA) is 61.4 Å². The molecule has 70 valence electrons. The van der Waals surface area contributed by atoms with E-state index >= 15 is 0 Å². The summed E-state index contributed by atoms with van der Waals surface area (Å²) in [6.07, 6.45) is 0. The summed E-state index contributed by atoms with van der Waals surface area (Å²) in [6, 6.07) is 4.37. The molecule has 0 unspecified atom stereocenters. The highest BCUT2D eigenvalue weighted by molar-refractivity contribution is 6.25. The summed E-state index contributed by atoms with van der Waals surface area (Å²) in [5, 5.41) is 8.68. The van der Waals surface area contributed by atoms with Gasteiger partial charge >= 0.3 is 5.97 Å². The molecule has 0 heterocycles. The van der Waals surface area contributed by atoms with Gasteiger partial charge in [-0.15, -0.1) is 0 Å². The van der Waals surface area contributed by atoms with Crippen molar-refractivity contribution in [2.24, 2.45) is 0 Å². The minimum Gasteiger partial charge on any atom is -0.478 e. The highest BCUT2D eigenvalue weighted by Crippen LogP contribution is 2.20. The maximum atomic E-state index is 10.6. The Hall–Kier alpha value is -1.13. The molecule has 0 bridgehead atoms. The fraction of sp³-hybridized carbons (Fsp3) is 0. The normalized spacial score (nSPS) is 9.38. The Morgan fingerprint density at radius 1 is 1.15 bits per heavy atom. The van der Waals surface area contributed by atoms with Crippen LogP contribution in [0, 0.1) is 0 Å². The predicted octanol–water partition coefficient (Wildman–Crippen LogP) is 2.52. The molecule has 0 aliphatic rings. The van der Waals surface area contributed by atoms with Crippen LogP contribution in [0.1, 0.15) is 10.4 Å². The average molecular weight is 221 g/mol. The first kappa shape index (κ1) is 9.95. The van der Waals surface area contributed by atoms with E-state index in [1.165, 1.54) is 12.1 Å². The molecular weight excluding hydrogens is 215 g/mol. The fourth-order valence-electron chi connectivity index (χ4n) is 0.860. The van der Waals surface area contributed by atoms with E-state index in [1.54, 1.807) is 6.07 Å². The van der Waals surface area contributed by atoms with Crippen molar-refractivity contribution in [3.05, 3.63) is 23.8 Å². The van der Waals surface area contributed by atoms with E-state index in [0.29, 0.717) is 11.4 Å². The Morgan fingerprint density at radius 3 is 1.92 bits per heavy atom. The number of benzene rings is 1. The van der Waals surface area contributed by atoms with E-state index in [9.17, 15) is 4.79 Å². The Morgan fingerprint density at radius 2 is 1.62 bits per heavy atom. The van der Waals surface area contributed by atoms with Crippen molar-refractivity contribution in [1.29, 1.82) is 0 Å². The maximum absolute atomic E-state index is 10.6. The first-order chi connectivity index (χ1) is 6.17. The molecule has 0 saturated heterocycles. The molecule has 0 aliphatic carbocycles. The molecular formula is C7H6Cl2N2O2. The quantitative estimate of drug-likeness (QED) is 0.686. The van der Waals surface area contributed by atoms with Crippen LogP contribution in [0.5, 0.6) is 0 Å². The molecule has 0 spiro atoms. The number of aromatic carboxylic acids is 1. The van der Waals surface area contributed by atoms with Crippen molar-refractivity contribution in [1.82, 2.24) is 0 Å². The summed E-state index contributed by atoms with van der Waals surface area (Å²) in [6.45, 7) is 0. The second-order valence-corrected chi connectivity index (χ2v) is 2.67. The van der Waals surface area contributed by atoms with Gasteiger partial charge in [-0.1, -0.05) is 0 Å². The van der Waals surface area contributed by atoms with Gasteiger partial charge in [-0.25, -0.2) is 4.79 Å². The molecule has 0 amide bonds. The van der Waals surface area contributed by atoms with Crippen molar-refractivity contribution >= 4 is 40.9 Å². The van der Waals surface area contributed by atoms with Crippen LogP contribution in [0.2, 0.25) is 0 Å². The number of hydrogen-bond donors (Lipinski definition) is 3. The highest BCUT2D eigenvalue weighted by Gasteiger charge is 2.05. The van der Waals surface area contributed by atoms with Crippen LogP contribution in [0.3, 0.4) is 0 Å². The van der Waals surface area contributed by atoms with Crippen LogP contribution in [0.25, 0.3) is 0 Å². The summed E-state index contributed by atoms with van der Waals surface area (Å²) < 4.78 is 0. The number of nitrogens with one attached hydrogen (secondary N) is 2. The zero-order chi connectivity index (χ0) is 9.84. The molecule has 0 fully saturated rings. The third kappa shape index (κ3) is 2.40. The SMILES string of the molecule is O=C(O)c1cc(NCl)cc(NCl)c1. The van der Waals surface area contributed by atoms with Crippen LogP contribution in [0.15, 0.2) is 18.2 Å². The molecule has 1 aromatic carbocycles. The van der Waals surface area contributed by atoms with E-state index < -0.39 is 5.97 Å². The van der Waals surface area contributed by atoms with Gasteiger partial charge in [0.1, 0.15) is 0 Å². The van der Waals surface area contributed by atoms with E-state index in [4.69, 9.17) is 28.7 Å². The van der Waals surface area contributed by atoms with Gasteiger partial charge in [0.2, 0.25) is 0 Å². The molecule has 1 aromatic rings. The lowest BCUT2D eigenvalue weighted by molar-refractivity contribution is 0.0697. The van der Waals surface area contributed by atoms with Gasteiger partial charge < -0.3 is 5.11 Å². The smallest absolute Gasteiger partial charge is 0.335 e. The first-order valence-corrected chi connectivity index (χ1v) is 4.04. The molecule has 0 aromatic heterocycles. The number of hydrogen-bond acceptors (Lipinski definition) is 3. The molecule has 4 nitrogen and oxygen atoms in total. The lowest BCUT2D eigenvalue weighted by Crippen LogP contribution is -1.98. The predicted molar refractivity (Wildman–Crippen MR) is 52.4 cm³/mol. The van der Waals surface area contributed by atoms with Crippen LogP contribution in [-0.4, -0.2) is 11.1 Å². The number of carboxylic acid groups (broad SMARTS) is 1. The third-order valence-corrected chi connectivity index (χ3v) is 1.83. The monoisotopic (exact) mass is 220 g/mol. The van der Waals surface area contributed by atoms with Crippen LogP contribution in [0.4, 0.5) is 11.4 Å². The van der Waals surface area contributed by atoms with Crippen LogP contribution < -0.4 is 9.67 Å². The highest BCUT2D eigenvalue weighted by atomic mass is 35.5. The Balaban J connectivity index is 3.14. The van der Waals surface area contributed by atoms with Crippen molar-refractivity contribution in [3.8, 4) is 0 Å². The summed E-state index contributed by atoms with van der Waals surface area (Å²) in [5.74, 6) is -1.04. The van der Waals surface area contributed by atoms with Crippen molar-refractivity contribution in [2.45, 2.75) is 0 Å². The van der Waals surface area contributed by atoms with E-state index in [0.717, 1.165) is 0 Å². The van der Waals surface area contributed by atoms with Crippen molar-refractivity contribution in [2.75, 3.05) is 9.67 Å². The molecule has 3 N–H and O–H groups in total. The molecule has 0 saturated carbocycles. The molecule has 6 heteroatoms. The van der Waals surface area contributed by atoms with Gasteiger partial charge in [0.15, 0.2) is 0 Å². The fourth-order valence-corrected chi connectivity index (χ4v) is 1.08. The third-order valence-electron chi connectivity index (χ3n) is 1.40. The zero-order valence-corrected chi connectivity index (χ0v) is 7.86.